The molecule has 0 amide bonds. The van der Waals surface area contributed by atoms with Crippen LogP contribution in [0.4, 0.5) is 0 Å². The molecule has 0 aliphatic rings. The van der Waals surface area contributed by atoms with Gasteiger partial charge in [0.05, 0.1) is 18.3 Å². The van der Waals surface area contributed by atoms with Gasteiger partial charge < -0.3 is 9.84 Å². The van der Waals surface area contributed by atoms with E-state index in [9.17, 15) is 9.90 Å². The molecule has 36 heavy (non-hydrogen) atoms. The van der Waals surface area contributed by atoms with Crippen molar-refractivity contribution in [2.24, 2.45) is 5.41 Å². The van der Waals surface area contributed by atoms with E-state index in [4.69, 9.17) is 4.74 Å². The first-order chi connectivity index (χ1) is 17.0. The third-order valence-electron chi connectivity index (χ3n) is 7.60. The van der Waals surface area contributed by atoms with Crippen LogP contribution in [0.3, 0.4) is 0 Å². The normalized spacial score (nSPS) is 13.1. The lowest BCUT2D eigenvalue weighted by atomic mass is 9.74. The van der Waals surface area contributed by atoms with Crippen LogP contribution in [0.25, 0.3) is 0 Å². The first-order valence-corrected chi connectivity index (χ1v) is 13.9. The molecule has 3 nitrogen and oxygen atoms in total. The van der Waals surface area contributed by atoms with E-state index in [0.29, 0.717) is 12.2 Å². The number of aryl methyl sites for hydroxylation is 3. The van der Waals surface area contributed by atoms with Crippen molar-refractivity contribution in [2.45, 2.75) is 92.3 Å². The number of carbonyl (C=O) groups is 1. The highest BCUT2D eigenvalue weighted by Crippen LogP contribution is 2.44. The fourth-order valence-corrected chi connectivity index (χ4v) is 6.70. The van der Waals surface area contributed by atoms with Crippen molar-refractivity contribution in [1.29, 1.82) is 0 Å². The Hall–Kier alpha value is -2.43. The van der Waals surface area contributed by atoms with Crippen LogP contribution in [-0.4, -0.2) is 17.2 Å². The van der Waals surface area contributed by atoms with Crippen molar-refractivity contribution in [3.63, 3.8) is 0 Å². The molecule has 0 saturated carbocycles. The minimum absolute atomic E-state index is 0.0583. The SMILES string of the molecule is CCC(CC)(c1ccc(C(=O)O)c(C)c1)c1cc(C)c(CCC(OCc2ccccc2)C(C)(C)C)s1. The van der Waals surface area contributed by atoms with Crippen LogP contribution < -0.4 is 0 Å². The second kappa shape index (κ2) is 11.7. The van der Waals surface area contributed by atoms with Crippen LogP contribution in [-0.2, 0) is 23.2 Å². The standard InChI is InChI=1S/C32H42O3S/c1-8-32(9-2,25-15-16-26(30(33)34)22(3)19-25)29-20-23(4)27(36-29)17-18-28(31(5,6)7)35-21-24-13-11-10-12-14-24/h10-16,19-20,28H,8-9,17-18,21H2,1-7H3,(H,33,34). The summed E-state index contributed by atoms with van der Waals surface area (Å²) >= 11 is 1.92. The summed E-state index contributed by atoms with van der Waals surface area (Å²) in [6, 6.07) is 18.6. The van der Waals surface area contributed by atoms with E-state index < -0.39 is 5.97 Å². The zero-order valence-corrected chi connectivity index (χ0v) is 23.8. The molecule has 2 aromatic carbocycles. The molecular weight excluding hydrogens is 464 g/mol. The van der Waals surface area contributed by atoms with Gasteiger partial charge in [-0.1, -0.05) is 77.1 Å². The van der Waals surface area contributed by atoms with Gasteiger partial charge in [0, 0.05) is 15.2 Å². The Bertz CT molecular complexity index is 1150. The molecule has 3 rings (SSSR count). The highest BCUT2D eigenvalue weighted by molar-refractivity contribution is 7.12. The largest absolute Gasteiger partial charge is 0.478 e. The smallest absolute Gasteiger partial charge is 0.335 e. The summed E-state index contributed by atoms with van der Waals surface area (Å²) < 4.78 is 6.44. The van der Waals surface area contributed by atoms with Crippen LogP contribution in [0, 0.1) is 19.3 Å². The van der Waals surface area contributed by atoms with Gasteiger partial charge in [0.2, 0.25) is 0 Å². The van der Waals surface area contributed by atoms with E-state index in [-0.39, 0.29) is 16.9 Å². The monoisotopic (exact) mass is 506 g/mol. The molecule has 0 radical (unpaired) electrons. The number of carboxylic acids is 1. The maximum atomic E-state index is 11.6. The van der Waals surface area contributed by atoms with Crippen molar-refractivity contribution < 1.29 is 14.6 Å². The second-order valence-electron chi connectivity index (χ2n) is 11.0. The van der Waals surface area contributed by atoms with Gasteiger partial charge >= 0.3 is 5.97 Å². The average Bonchev–Trinajstić information content (AvgIpc) is 3.20. The third-order valence-corrected chi connectivity index (χ3v) is 9.10. The Kier molecular flexibility index (Phi) is 9.18. The molecule has 0 bridgehead atoms. The Balaban J connectivity index is 1.83. The molecular formula is C32H42O3S. The number of rotatable bonds is 11. The fraction of sp³-hybridized carbons (Fsp3) is 0.469. The van der Waals surface area contributed by atoms with E-state index in [1.165, 1.54) is 26.4 Å². The lowest BCUT2D eigenvalue weighted by Gasteiger charge is -2.32. The number of carboxylic acid groups (broad SMARTS) is 1. The summed E-state index contributed by atoms with van der Waals surface area (Å²) in [6.07, 6.45) is 4.08. The predicted molar refractivity (Wildman–Crippen MR) is 151 cm³/mol. The molecule has 3 aromatic rings. The van der Waals surface area contributed by atoms with Crippen LogP contribution in [0.15, 0.2) is 54.6 Å². The molecule has 1 atom stereocenters. The molecule has 0 aliphatic heterocycles. The highest BCUT2D eigenvalue weighted by Gasteiger charge is 2.34. The number of hydrogen-bond donors (Lipinski definition) is 1. The van der Waals surface area contributed by atoms with Gasteiger partial charge in [-0.2, -0.15) is 0 Å². The van der Waals surface area contributed by atoms with Gasteiger partial charge in [-0.3, -0.25) is 0 Å². The number of aromatic carboxylic acids is 1. The Morgan fingerprint density at radius 3 is 2.19 bits per heavy atom. The summed E-state index contributed by atoms with van der Waals surface area (Å²) in [5.74, 6) is -0.866. The van der Waals surface area contributed by atoms with E-state index in [2.05, 4.69) is 77.9 Å². The molecule has 0 aliphatic carbocycles. The Labute approximate surface area is 221 Å². The van der Waals surface area contributed by atoms with E-state index in [1.807, 2.05) is 30.4 Å². The summed E-state index contributed by atoms with van der Waals surface area (Å²) in [7, 11) is 0. The number of hydrogen-bond acceptors (Lipinski definition) is 3. The van der Waals surface area contributed by atoms with Crippen LogP contribution >= 0.6 is 11.3 Å². The van der Waals surface area contributed by atoms with Crippen molar-refractivity contribution in [3.05, 3.63) is 92.2 Å². The van der Waals surface area contributed by atoms with Crippen LogP contribution in [0.1, 0.15) is 96.2 Å². The summed E-state index contributed by atoms with van der Waals surface area (Å²) in [5, 5.41) is 9.49. The van der Waals surface area contributed by atoms with Gasteiger partial charge in [-0.05, 0) is 79.3 Å². The van der Waals surface area contributed by atoms with Crippen LogP contribution in [0.2, 0.25) is 0 Å². The Morgan fingerprint density at radius 1 is 0.972 bits per heavy atom. The minimum Gasteiger partial charge on any atom is -0.478 e. The van der Waals surface area contributed by atoms with Crippen molar-refractivity contribution in [1.82, 2.24) is 0 Å². The van der Waals surface area contributed by atoms with E-state index >= 15 is 0 Å². The number of benzene rings is 2. The molecule has 1 heterocycles. The van der Waals surface area contributed by atoms with Gasteiger partial charge in [0.1, 0.15) is 0 Å². The molecule has 1 N–H and O–H groups in total. The number of thiophene rings is 1. The molecule has 1 unspecified atom stereocenters. The van der Waals surface area contributed by atoms with Gasteiger partial charge in [-0.15, -0.1) is 11.3 Å². The third kappa shape index (κ3) is 6.27. The summed E-state index contributed by atoms with van der Waals surface area (Å²) in [5.41, 5.74) is 4.92. The molecule has 0 spiro atoms. The Morgan fingerprint density at radius 2 is 1.64 bits per heavy atom. The van der Waals surface area contributed by atoms with E-state index in [0.717, 1.165) is 31.2 Å². The topological polar surface area (TPSA) is 46.5 Å². The van der Waals surface area contributed by atoms with Gasteiger partial charge in [-0.25, -0.2) is 4.79 Å². The van der Waals surface area contributed by atoms with Gasteiger partial charge in [0.25, 0.3) is 0 Å². The first-order valence-electron chi connectivity index (χ1n) is 13.1. The maximum Gasteiger partial charge on any atom is 0.335 e. The molecule has 4 heteroatoms. The zero-order valence-electron chi connectivity index (χ0n) is 23.0. The minimum atomic E-state index is -0.866. The lowest BCUT2D eigenvalue weighted by Crippen LogP contribution is -2.29. The molecule has 194 valence electrons. The average molecular weight is 507 g/mol. The van der Waals surface area contributed by atoms with Crippen molar-refractivity contribution in [3.8, 4) is 0 Å². The predicted octanol–water partition coefficient (Wildman–Crippen LogP) is 8.73. The lowest BCUT2D eigenvalue weighted by molar-refractivity contribution is -0.0325. The quantitative estimate of drug-likeness (QED) is 0.283. The number of ether oxygens (including phenoxy) is 1. The van der Waals surface area contributed by atoms with E-state index in [1.54, 1.807) is 6.07 Å². The second-order valence-corrected chi connectivity index (χ2v) is 12.2. The molecule has 0 fully saturated rings. The first kappa shape index (κ1) is 28.1. The van der Waals surface area contributed by atoms with Gasteiger partial charge in [0.15, 0.2) is 0 Å². The van der Waals surface area contributed by atoms with Crippen molar-refractivity contribution >= 4 is 17.3 Å². The summed E-state index contributed by atoms with van der Waals surface area (Å²) in [6.45, 7) is 16.0. The fourth-order valence-electron chi connectivity index (χ4n) is 5.15. The van der Waals surface area contributed by atoms with Crippen molar-refractivity contribution in [2.75, 3.05) is 0 Å². The highest BCUT2D eigenvalue weighted by atomic mass is 32.1. The van der Waals surface area contributed by atoms with Crippen LogP contribution in [0.5, 0.6) is 0 Å². The molecule has 0 saturated heterocycles. The maximum absolute atomic E-state index is 11.6. The zero-order chi connectivity index (χ0) is 26.5. The summed E-state index contributed by atoms with van der Waals surface area (Å²) in [4.78, 5) is 14.4. The molecule has 1 aromatic heterocycles.